The summed E-state index contributed by atoms with van der Waals surface area (Å²) in [6, 6.07) is 3.90. The van der Waals surface area contributed by atoms with Gasteiger partial charge in [0.05, 0.1) is 6.54 Å². The molecule has 2 rings (SSSR count). The van der Waals surface area contributed by atoms with Gasteiger partial charge in [-0.15, -0.1) is 0 Å². The van der Waals surface area contributed by atoms with Crippen molar-refractivity contribution in [1.82, 2.24) is 9.88 Å². The number of carbonyl (C=O) groups is 1. The maximum Gasteiger partial charge on any atom is 0.409 e. The van der Waals surface area contributed by atoms with Crippen molar-refractivity contribution >= 4 is 22.0 Å². The Morgan fingerprint density at radius 1 is 1.53 bits per heavy atom. The molecule has 0 aliphatic carbocycles. The zero-order chi connectivity index (χ0) is 10.7. The zero-order valence-corrected chi connectivity index (χ0v) is 9.74. The molecule has 1 aliphatic rings. The van der Waals surface area contributed by atoms with Gasteiger partial charge in [-0.1, -0.05) is 0 Å². The molecule has 0 unspecified atom stereocenters. The molecule has 1 aromatic rings. The predicted octanol–water partition coefficient (Wildman–Crippen LogP) is 1.84. The molecule has 4 nitrogen and oxygen atoms in total. The Bertz CT molecular complexity index is 353. The Morgan fingerprint density at radius 3 is 3.00 bits per heavy atom. The second-order valence-corrected chi connectivity index (χ2v) is 4.23. The van der Waals surface area contributed by atoms with Crippen LogP contribution in [0, 0.1) is 0 Å². The van der Waals surface area contributed by atoms with Crippen LogP contribution in [0.15, 0.2) is 22.8 Å². The summed E-state index contributed by atoms with van der Waals surface area (Å²) in [5.41, 5.74) is 0.984. The van der Waals surface area contributed by atoms with Gasteiger partial charge in [0.15, 0.2) is 0 Å². The van der Waals surface area contributed by atoms with Crippen molar-refractivity contribution in [1.29, 1.82) is 0 Å². The van der Waals surface area contributed by atoms with Crippen molar-refractivity contribution in [2.24, 2.45) is 0 Å². The van der Waals surface area contributed by atoms with Crippen LogP contribution in [0.5, 0.6) is 0 Å². The van der Waals surface area contributed by atoms with Gasteiger partial charge in [-0.25, -0.2) is 4.79 Å². The number of pyridine rings is 1. The topological polar surface area (TPSA) is 42.4 Å². The van der Waals surface area contributed by atoms with Crippen molar-refractivity contribution < 1.29 is 9.53 Å². The summed E-state index contributed by atoms with van der Waals surface area (Å²) >= 11 is 3.33. The Hall–Kier alpha value is -1.10. The lowest BCUT2D eigenvalue weighted by atomic mass is 10.2. The number of hydrogen-bond donors (Lipinski definition) is 0. The lowest BCUT2D eigenvalue weighted by Gasteiger charge is -2.11. The number of halogens is 1. The molecule has 1 amide bonds. The van der Waals surface area contributed by atoms with Crippen LogP contribution in [0.1, 0.15) is 5.69 Å². The average Bonchev–Trinajstić information content (AvgIpc) is 2.63. The van der Waals surface area contributed by atoms with Gasteiger partial charge in [0.1, 0.15) is 6.61 Å². The van der Waals surface area contributed by atoms with Crippen LogP contribution in [-0.2, 0) is 11.2 Å². The summed E-state index contributed by atoms with van der Waals surface area (Å²) in [5, 5.41) is 0. The predicted molar refractivity (Wildman–Crippen MR) is 58.6 cm³/mol. The molecule has 0 radical (unpaired) electrons. The maximum absolute atomic E-state index is 11.1. The normalized spacial score (nSPS) is 15.5. The summed E-state index contributed by atoms with van der Waals surface area (Å²) < 4.78 is 5.80. The quantitative estimate of drug-likeness (QED) is 0.842. The first-order valence-corrected chi connectivity index (χ1v) is 5.57. The molecule has 0 saturated carbocycles. The molecular formula is C10H11BrN2O2. The summed E-state index contributed by atoms with van der Waals surface area (Å²) in [6.07, 6.45) is 2.31. The fourth-order valence-electron chi connectivity index (χ4n) is 1.43. The van der Waals surface area contributed by atoms with E-state index in [0.717, 1.165) is 16.6 Å². The van der Waals surface area contributed by atoms with E-state index in [-0.39, 0.29) is 6.09 Å². The molecule has 2 heterocycles. The first-order chi connectivity index (χ1) is 7.25. The zero-order valence-electron chi connectivity index (χ0n) is 8.15. The van der Waals surface area contributed by atoms with Gasteiger partial charge < -0.3 is 9.64 Å². The third kappa shape index (κ3) is 2.68. The number of rotatable bonds is 3. The summed E-state index contributed by atoms with van der Waals surface area (Å²) in [6.45, 7) is 1.87. The molecule has 0 bridgehead atoms. The van der Waals surface area contributed by atoms with Gasteiger partial charge in [-0.3, -0.25) is 4.98 Å². The second kappa shape index (κ2) is 4.61. The Kier molecular flexibility index (Phi) is 3.20. The monoisotopic (exact) mass is 270 g/mol. The standard InChI is InChI=1S/C10H11BrN2O2/c11-8-1-2-9(12-7-8)3-4-13-5-6-15-10(13)14/h1-2,7H,3-6H2. The molecule has 1 aliphatic heterocycles. The van der Waals surface area contributed by atoms with Crippen molar-refractivity contribution in [3.05, 3.63) is 28.5 Å². The highest BCUT2D eigenvalue weighted by molar-refractivity contribution is 9.10. The molecule has 5 heteroatoms. The van der Waals surface area contributed by atoms with E-state index in [4.69, 9.17) is 4.74 Å². The highest BCUT2D eigenvalue weighted by Crippen LogP contribution is 2.09. The molecule has 0 N–H and O–H groups in total. The highest BCUT2D eigenvalue weighted by Gasteiger charge is 2.21. The van der Waals surface area contributed by atoms with Crippen LogP contribution in [-0.4, -0.2) is 35.7 Å². The fraction of sp³-hybridized carbons (Fsp3) is 0.400. The van der Waals surface area contributed by atoms with E-state index in [2.05, 4.69) is 20.9 Å². The third-order valence-corrected chi connectivity index (χ3v) is 2.74. The second-order valence-electron chi connectivity index (χ2n) is 3.32. The largest absolute Gasteiger partial charge is 0.448 e. The van der Waals surface area contributed by atoms with Crippen LogP contribution in [0.3, 0.4) is 0 Å². The van der Waals surface area contributed by atoms with E-state index in [1.165, 1.54) is 0 Å². The van der Waals surface area contributed by atoms with Gasteiger partial charge in [-0.05, 0) is 28.1 Å². The van der Waals surface area contributed by atoms with E-state index in [1.807, 2.05) is 12.1 Å². The molecule has 1 fully saturated rings. The number of aromatic nitrogens is 1. The first kappa shape index (κ1) is 10.4. The average molecular weight is 271 g/mol. The molecule has 15 heavy (non-hydrogen) atoms. The minimum atomic E-state index is -0.216. The van der Waals surface area contributed by atoms with Gasteiger partial charge >= 0.3 is 6.09 Å². The molecule has 0 spiro atoms. The molecule has 0 atom stereocenters. The molecule has 80 valence electrons. The lowest BCUT2D eigenvalue weighted by molar-refractivity contribution is 0.158. The van der Waals surface area contributed by atoms with Gasteiger partial charge in [0, 0.05) is 29.3 Å². The smallest absolute Gasteiger partial charge is 0.409 e. The van der Waals surface area contributed by atoms with Crippen molar-refractivity contribution in [3.8, 4) is 0 Å². The number of carbonyl (C=O) groups excluding carboxylic acids is 1. The fourth-order valence-corrected chi connectivity index (χ4v) is 1.67. The van der Waals surface area contributed by atoms with Crippen LogP contribution in [0.4, 0.5) is 4.79 Å². The van der Waals surface area contributed by atoms with Crippen molar-refractivity contribution in [2.75, 3.05) is 19.7 Å². The van der Waals surface area contributed by atoms with E-state index in [1.54, 1.807) is 11.1 Å². The Morgan fingerprint density at radius 2 is 2.40 bits per heavy atom. The van der Waals surface area contributed by atoms with Crippen molar-refractivity contribution in [2.45, 2.75) is 6.42 Å². The Labute approximate surface area is 96.4 Å². The minimum Gasteiger partial charge on any atom is -0.448 e. The molecule has 1 saturated heterocycles. The van der Waals surface area contributed by atoms with Crippen LogP contribution in [0.25, 0.3) is 0 Å². The van der Waals surface area contributed by atoms with Gasteiger partial charge in [-0.2, -0.15) is 0 Å². The minimum absolute atomic E-state index is 0.216. The highest BCUT2D eigenvalue weighted by atomic mass is 79.9. The Balaban J connectivity index is 1.87. The molecular weight excluding hydrogens is 260 g/mol. The number of amides is 1. The van der Waals surface area contributed by atoms with Crippen LogP contribution < -0.4 is 0 Å². The SMILES string of the molecule is O=C1OCCN1CCc1ccc(Br)cn1. The summed E-state index contributed by atoms with van der Waals surface area (Å²) in [7, 11) is 0. The van der Waals surface area contributed by atoms with E-state index < -0.39 is 0 Å². The number of hydrogen-bond acceptors (Lipinski definition) is 3. The van der Waals surface area contributed by atoms with Gasteiger partial charge in [0.2, 0.25) is 0 Å². The summed E-state index contributed by atoms with van der Waals surface area (Å²) in [5.74, 6) is 0. The van der Waals surface area contributed by atoms with Gasteiger partial charge in [0.25, 0.3) is 0 Å². The maximum atomic E-state index is 11.1. The van der Waals surface area contributed by atoms with E-state index >= 15 is 0 Å². The third-order valence-electron chi connectivity index (χ3n) is 2.27. The van der Waals surface area contributed by atoms with Crippen LogP contribution >= 0.6 is 15.9 Å². The molecule has 1 aromatic heterocycles. The summed E-state index contributed by atoms with van der Waals surface area (Å²) in [4.78, 5) is 17.1. The lowest BCUT2D eigenvalue weighted by Crippen LogP contribution is -2.26. The molecule has 0 aromatic carbocycles. The van der Waals surface area contributed by atoms with Crippen LogP contribution in [0.2, 0.25) is 0 Å². The first-order valence-electron chi connectivity index (χ1n) is 4.78. The van der Waals surface area contributed by atoms with E-state index in [0.29, 0.717) is 19.7 Å². The number of ether oxygens (including phenoxy) is 1. The van der Waals surface area contributed by atoms with E-state index in [9.17, 15) is 4.79 Å². The number of nitrogens with zero attached hydrogens (tertiary/aromatic N) is 2. The number of cyclic esters (lactones) is 1. The van der Waals surface area contributed by atoms with Crippen molar-refractivity contribution in [3.63, 3.8) is 0 Å².